The van der Waals surface area contributed by atoms with Crippen LogP contribution in [-0.2, 0) is 19.8 Å². The van der Waals surface area contributed by atoms with E-state index in [0.29, 0.717) is 12.1 Å². The van der Waals surface area contributed by atoms with E-state index in [1.807, 2.05) is 69.3 Å². The summed E-state index contributed by atoms with van der Waals surface area (Å²) in [6.07, 6.45) is 7.17. The van der Waals surface area contributed by atoms with Crippen LogP contribution in [0.5, 0.6) is 0 Å². The van der Waals surface area contributed by atoms with E-state index >= 15 is 0 Å². The van der Waals surface area contributed by atoms with E-state index in [1.54, 1.807) is 13.2 Å². The van der Waals surface area contributed by atoms with Crippen molar-refractivity contribution >= 4 is 23.8 Å². The predicted molar refractivity (Wildman–Crippen MR) is 175 cm³/mol. The first kappa shape index (κ1) is 32.0. The van der Waals surface area contributed by atoms with E-state index in [-0.39, 0.29) is 17.9 Å². The van der Waals surface area contributed by atoms with Crippen molar-refractivity contribution < 1.29 is 23.9 Å². The topological polar surface area (TPSA) is 119 Å². The molecule has 2 saturated carbocycles. The van der Waals surface area contributed by atoms with Crippen molar-refractivity contribution in [3.63, 3.8) is 0 Å². The summed E-state index contributed by atoms with van der Waals surface area (Å²) in [5, 5.41) is 8.68. The van der Waals surface area contributed by atoms with E-state index in [9.17, 15) is 14.4 Å². The number of rotatable bonds is 8. The Morgan fingerprint density at radius 3 is 2.20 bits per heavy atom. The van der Waals surface area contributed by atoms with Crippen molar-refractivity contribution in [2.24, 2.45) is 5.92 Å². The Bertz CT molecular complexity index is 1490. The molecule has 0 aliphatic heterocycles. The standard InChI is InChI=1S/C36H44N4O5/c1-35(2,3)45-34(43)40-36(19-8-20-36)27-15-13-26(14-16-27)32-30(25-9-6-5-7-10-25)22-28(23-38-32)39-31(41)21-24-11-17-29(18-12-24)44-33(42)37-4/h5-7,9-10,13-16,22-24,29H,8,11-12,17-21H2,1-4H3,(H,37,42)(H,39,41)(H,40,43). The summed E-state index contributed by atoms with van der Waals surface area (Å²) in [5.74, 6) is 0.199. The van der Waals surface area contributed by atoms with Crippen LogP contribution in [0.15, 0.2) is 66.9 Å². The van der Waals surface area contributed by atoms with Gasteiger partial charge in [-0.2, -0.15) is 0 Å². The van der Waals surface area contributed by atoms with Crippen LogP contribution < -0.4 is 16.0 Å². The maximum atomic E-state index is 13.0. The fourth-order valence-electron chi connectivity index (χ4n) is 6.20. The number of hydrogen-bond acceptors (Lipinski definition) is 6. The molecule has 3 aromatic rings. The zero-order chi connectivity index (χ0) is 32.0. The zero-order valence-electron chi connectivity index (χ0n) is 26.7. The van der Waals surface area contributed by atoms with Gasteiger partial charge in [0.15, 0.2) is 0 Å². The van der Waals surface area contributed by atoms with Gasteiger partial charge >= 0.3 is 12.2 Å². The van der Waals surface area contributed by atoms with Crippen LogP contribution in [0.3, 0.4) is 0 Å². The van der Waals surface area contributed by atoms with Gasteiger partial charge in [-0.1, -0.05) is 54.6 Å². The second kappa shape index (κ2) is 13.7. The second-order valence-corrected chi connectivity index (χ2v) is 13.2. The van der Waals surface area contributed by atoms with Gasteiger partial charge in [0.05, 0.1) is 23.1 Å². The molecule has 238 valence electrons. The Morgan fingerprint density at radius 2 is 1.60 bits per heavy atom. The number of carbonyl (C=O) groups is 3. The smallest absolute Gasteiger partial charge is 0.408 e. The van der Waals surface area contributed by atoms with Gasteiger partial charge in [0, 0.05) is 24.6 Å². The number of aromatic nitrogens is 1. The van der Waals surface area contributed by atoms with Gasteiger partial charge in [-0.25, -0.2) is 9.59 Å². The average Bonchev–Trinajstić information content (AvgIpc) is 2.99. The Labute approximate surface area is 265 Å². The van der Waals surface area contributed by atoms with Gasteiger partial charge in [-0.15, -0.1) is 0 Å². The van der Waals surface area contributed by atoms with Gasteiger partial charge < -0.3 is 25.4 Å². The van der Waals surface area contributed by atoms with Crippen molar-refractivity contribution in [1.82, 2.24) is 15.6 Å². The van der Waals surface area contributed by atoms with Crippen LogP contribution >= 0.6 is 0 Å². The molecule has 3 N–H and O–H groups in total. The van der Waals surface area contributed by atoms with Gasteiger partial charge in [0.25, 0.3) is 0 Å². The summed E-state index contributed by atoms with van der Waals surface area (Å²) in [5.41, 5.74) is 4.36. The number of benzene rings is 2. The third kappa shape index (κ3) is 8.21. The fraction of sp³-hybridized carbons (Fsp3) is 0.444. The maximum absolute atomic E-state index is 13.0. The maximum Gasteiger partial charge on any atom is 0.408 e. The highest BCUT2D eigenvalue weighted by molar-refractivity contribution is 5.93. The van der Waals surface area contributed by atoms with Crippen molar-refractivity contribution in [3.8, 4) is 22.4 Å². The van der Waals surface area contributed by atoms with Crippen LogP contribution in [0.2, 0.25) is 0 Å². The number of nitrogens with zero attached hydrogens (tertiary/aromatic N) is 1. The lowest BCUT2D eigenvalue weighted by Gasteiger charge is -2.43. The summed E-state index contributed by atoms with van der Waals surface area (Å²) >= 11 is 0. The number of anilines is 1. The van der Waals surface area contributed by atoms with Crippen LogP contribution in [-0.4, -0.2) is 41.8 Å². The lowest BCUT2D eigenvalue weighted by atomic mass is 9.71. The molecule has 0 bridgehead atoms. The monoisotopic (exact) mass is 612 g/mol. The minimum absolute atomic E-state index is 0.0492. The highest BCUT2D eigenvalue weighted by Gasteiger charge is 2.41. The van der Waals surface area contributed by atoms with E-state index in [2.05, 4.69) is 28.1 Å². The lowest BCUT2D eigenvalue weighted by Crippen LogP contribution is -2.52. The first-order valence-electron chi connectivity index (χ1n) is 15.9. The summed E-state index contributed by atoms with van der Waals surface area (Å²) in [4.78, 5) is 42.0. The zero-order valence-corrected chi connectivity index (χ0v) is 26.7. The molecule has 0 spiro atoms. The molecule has 5 rings (SSSR count). The molecule has 0 saturated heterocycles. The highest BCUT2D eigenvalue weighted by Crippen LogP contribution is 2.42. The quantitative estimate of drug-likeness (QED) is 0.242. The lowest BCUT2D eigenvalue weighted by molar-refractivity contribution is -0.117. The number of amides is 3. The molecular formula is C36H44N4O5. The summed E-state index contributed by atoms with van der Waals surface area (Å²) < 4.78 is 10.9. The van der Waals surface area contributed by atoms with Crippen molar-refractivity contribution in [2.45, 2.75) is 89.4 Å². The van der Waals surface area contributed by atoms with Crippen molar-refractivity contribution in [2.75, 3.05) is 12.4 Å². The Morgan fingerprint density at radius 1 is 0.911 bits per heavy atom. The molecule has 2 aliphatic carbocycles. The Kier molecular flexibility index (Phi) is 9.75. The molecule has 1 aromatic heterocycles. The normalized spacial score (nSPS) is 19.0. The van der Waals surface area contributed by atoms with Crippen LogP contribution in [0.25, 0.3) is 22.4 Å². The minimum Gasteiger partial charge on any atom is -0.446 e. The number of ether oxygens (including phenoxy) is 2. The van der Waals surface area contributed by atoms with E-state index in [0.717, 1.165) is 72.9 Å². The highest BCUT2D eigenvalue weighted by atomic mass is 16.6. The molecule has 1 heterocycles. The van der Waals surface area contributed by atoms with Crippen LogP contribution in [0.4, 0.5) is 15.3 Å². The first-order valence-corrected chi connectivity index (χ1v) is 15.9. The van der Waals surface area contributed by atoms with Crippen LogP contribution in [0.1, 0.15) is 77.7 Å². The van der Waals surface area contributed by atoms with Crippen molar-refractivity contribution in [1.29, 1.82) is 0 Å². The van der Waals surface area contributed by atoms with Gasteiger partial charge in [0.1, 0.15) is 11.7 Å². The SMILES string of the molecule is CNC(=O)OC1CCC(CC(=O)Nc2cnc(-c3ccc(C4(NC(=O)OC(C)(C)C)CCC4)cc3)c(-c3ccccc3)c2)CC1. The van der Waals surface area contributed by atoms with Gasteiger partial charge in [0.2, 0.25) is 5.91 Å². The number of carbonyl (C=O) groups excluding carboxylic acids is 3. The number of pyridine rings is 1. The molecule has 0 radical (unpaired) electrons. The largest absolute Gasteiger partial charge is 0.446 e. The third-order valence-electron chi connectivity index (χ3n) is 8.66. The molecule has 2 aliphatic rings. The number of nitrogens with one attached hydrogen (secondary N) is 3. The van der Waals surface area contributed by atoms with Crippen molar-refractivity contribution in [3.05, 3.63) is 72.4 Å². The molecule has 0 unspecified atom stereocenters. The second-order valence-electron chi connectivity index (χ2n) is 13.2. The molecule has 9 heteroatoms. The summed E-state index contributed by atoms with van der Waals surface area (Å²) in [6.45, 7) is 5.59. The number of alkyl carbamates (subject to hydrolysis) is 2. The molecule has 0 atom stereocenters. The molecule has 45 heavy (non-hydrogen) atoms. The van der Waals surface area contributed by atoms with Crippen LogP contribution in [0, 0.1) is 5.92 Å². The van der Waals surface area contributed by atoms with Gasteiger partial charge in [-0.05, 0) is 88.8 Å². The molecule has 3 amide bonds. The Hall–Kier alpha value is -4.40. The molecule has 2 aromatic carbocycles. The first-order chi connectivity index (χ1) is 21.5. The van der Waals surface area contributed by atoms with E-state index in [1.165, 1.54) is 0 Å². The fourth-order valence-corrected chi connectivity index (χ4v) is 6.20. The Balaban J connectivity index is 1.30. The molecule has 2 fully saturated rings. The molecular weight excluding hydrogens is 568 g/mol. The number of hydrogen-bond donors (Lipinski definition) is 3. The predicted octanol–water partition coefficient (Wildman–Crippen LogP) is 7.56. The summed E-state index contributed by atoms with van der Waals surface area (Å²) in [7, 11) is 1.55. The molecule has 9 nitrogen and oxygen atoms in total. The van der Waals surface area contributed by atoms with Gasteiger partial charge in [-0.3, -0.25) is 9.78 Å². The average molecular weight is 613 g/mol. The minimum atomic E-state index is -0.562. The van der Waals surface area contributed by atoms with E-state index in [4.69, 9.17) is 14.5 Å². The third-order valence-corrected chi connectivity index (χ3v) is 8.66. The van der Waals surface area contributed by atoms with E-state index < -0.39 is 23.3 Å². The summed E-state index contributed by atoms with van der Waals surface area (Å²) in [6, 6.07) is 20.2.